The number of rotatable bonds is 5. The molecular formula is C24H22ClN3O5S. The summed E-state index contributed by atoms with van der Waals surface area (Å²) in [6, 6.07) is 9.13. The first-order chi connectivity index (χ1) is 15.9. The van der Waals surface area contributed by atoms with Crippen LogP contribution in [0, 0.1) is 5.92 Å². The number of nitrogens with one attached hydrogen (secondary N) is 1. The SMILES string of the molecule is CC(C)(C)c1ccc(S(=O)(=O)Nc2ccc(Cl)c3c2C(=O)N(CC2C=CC=NC2=O)C3=O)cc1. The predicted molar refractivity (Wildman–Crippen MR) is 129 cm³/mol. The Bertz CT molecular complexity index is 1370. The first-order valence-corrected chi connectivity index (χ1v) is 12.3. The smallest absolute Gasteiger partial charge is 0.263 e. The van der Waals surface area contributed by atoms with Gasteiger partial charge in [0.15, 0.2) is 0 Å². The summed E-state index contributed by atoms with van der Waals surface area (Å²) >= 11 is 6.21. The number of aliphatic imine (C=N–C) groups is 1. The minimum Gasteiger partial charge on any atom is -0.279 e. The number of anilines is 1. The number of halogens is 1. The number of allylic oxidation sites excluding steroid dienone is 1. The van der Waals surface area contributed by atoms with Crippen molar-refractivity contribution in [2.75, 3.05) is 11.3 Å². The maximum atomic E-state index is 13.2. The van der Waals surface area contributed by atoms with E-state index in [1.807, 2.05) is 20.8 Å². The normalized spacial score (nSPS) is 17.9. The molecule has 10 heteroatoms. The van der Waals surface area contributed by atoms with Crippen LogP contribution in [0.25, 0.3) is 0 Å². The van der Waals surface area contributed by atoms with E-state index < -0.39 is 33.7 Å². The molecule has 0 aromatic heterocycles. The maximum absolute atomic E-state index is 13.2. The number of amides is 3. The van der Waals surface area contributed by atoms with Crippen LogP contribution >= 0.6 is 11.6 Å². The molecule has 0 saturated heterocycles. The molecule has 0 aliphatic carbocycles. The van der Waals surface area contributed by atoms with Crippen molar-refractivity contribution in [1.29, 1.82) is 0 Å². The van der Waals surface area contributed by atoms with Gasteiger partial charge in [-0.05, 0) is 41.3 Å². The summed E-state index contributed by atoms with van der Waals surface area (Å²) in [7, 11) is -4.06. The number of nitrogens with zero attached hydrogens (tertiary/aromatic N) is 2. The van der Waals surface area contributed by atoms with Gasteiger partial charge in [-0.3, -0.25) is 24.0 Å². The van der Waals surface area contributed by atoms with Crippen LogP contribution in [0.4, 0.5) is 5.69 Å². The van der Waals surface area contributed by atoms with Crippen LogP contribution in [0.2, 0.25) is 5.02 Å². The number of imide groups is 1. The molecule has 1 N–H and O–H groups in total. The zero-order chi connectivity index (χ0) is 24.8. The molecule has 4 rings (SSSR count). The molecule has 1 unspecified atom stereocenters. The molecule has 0 fully saturated rings. The van der Waals surface area contributed by atoms with E-state index in [4.69, 9.17) is 11.6 Å². The van der Waals surface area contributed by atoms with Crippen LogP contribution in [0.1, 0.15) is 47.1 Å². The molecule has 3 amide bonds. The Morgan fingerprint density at radius 1 is 1.00 bits per heavy atom. The van der Waals surface area contributed by atoms with Crippen molar-refractivity contribution in [2.24, 2.45) is 10.9 Å². The Hall–Kier alpha value is -3.30. The monoisotopic (exact) mass is 499 g/mol. The predicted octanol–water partition coefficient (Wildman–Crippen LogP) is 3.82. The van der Waals surface area contributed by atoms with E-state index >= 15 is 0 Å². The Morgan fingerprint density at radius 2 is 1.65 bits per heavy atom. The maximum Gasteiger partial charge on any atom is 0.263 e. The summed E-state index contributed by atoms with van der Waals surface area (Å²) in [6.45, 7) is 5.82. The van der Waals surface area contributed by atoms with Gasteiger partial charge in [0.25, 0.3) is 27.7 Å². The second-order valence-electron chi connectivity index (χ2n) is 9.05. The van der Waals surface area contributed by atoms with Crippen molar-refractivity contribution in [3.63, 3.8) is 0 Å². The molecule has 0 bridgehead atoms. The summed E-state index contributed by atoms with van der Waals surface area (Å²) in [5.41, 5.74) is 0.492. The van der Waals surface area contributed by atoms with Gasteiger partial charge in [0.05, 0.1) is 32.7 Å². The van der Waals surface area contributed by atoms with Crippen LogP contribution in [0.15, 0.2) is 58.4 Å². The van der Waals surface area contributed by atoms with Crippen LogP contribution in [0.5, 0.6) is 0 Å². The average molecular weight is 500 g/mol. The van der Waals surface area contributed by atoms with Crippen LogP contribution in [0.3, 0.4) is 0 Å². The fourth-order valence-electron chi connectivity index (χ4n) is 3.77. The molecule has 2 heterocycles. The fraction of sp³-hybridized carbons (Fsp3) is 0.250. The van der Waals surface area contributed by atoms with Gasteiger partial charge in [-0.2, -0.15) is 0 Å². The number of benzene rings is 2. The Morgan fingerprint density at radius 3 is 2.26 bits per heavy atom. The van der Waals surface area contributed by atoms with Crippen molar-refractivity contribution in [3.05, 3.63) is 70.3 Å². The molecule has 0 spiro atoms. The summed E-state index contributed by atoms with van der Waals surface area (Å²) in [6.07, 6.45) is 4.44. The fourth-order valence-corrected chi connectivity index (χ4v) is 5.08. The Balaban J connectivity index is 1.66. The van der Waals surface area contributed by atoms with Gasteiger partial charge >= 0.3 is 0 Å². The zero-order valence-corrected chi connectivity index (χ0v) is 20.3. The summed E-state index contributed by atoms with van der Waals surface area (Å²) in [5.74, 6) is -2.70. The topological polar surface area (TPSA) is 113 Å². The van der Waals surface area contributed by atoms with E-state index in [9.17, 15) is 22.8 Å². The lowest BCUT2D eigenvalue weighted by Crippen LogP contribution is -2.37. The highest BCUT2D eigenvalue weighted by Gasteiger charge is 2.41. The van der Waals surface area contributed by atoms with Crippen molar-refractivity contribution in [2.45, 2.75) is 31.1 Å². The molecule has 0 saturated carbocycles. The lowest BCUT2D eigenvalue weighted by atomic mass is 9.87. The van der Waals surface area contributed by atoms with Gasteiger partial charge in [-0.1, -0.05) is 50.6 Å². The third-order valence-corrected chi connectivity index (χ3v) is 7.37. The Labute approximate surface area is 202 Å². The van der Waals surface area contributed by atoms with E-state index in [-0.39, 0.29) is 38.7 Å². The second kappa shape index (κ2) is 8.48. The van der Waals surface area contributed by atoms with Gasteiger partial charge in [-0.15, -0.1) is 0 Å². The minimum absolute atomic E-state index is 0.00799. The highest BCUT2D eigenvalue weighted by atomic mass is 35.5. The van der Waals surface area contributed by atoms with E-state index in [2.05, 4.69) is 9.71 Å². The van der Waals surface area contributed by atoms with Crippen molar-refractivity contribution < 1.29 is 22.8 Å². The molecule has 2 aliphatic rings. The van der Waals surface area contributed by atoms with Crippen molar-refractivity contribution >= 4 is 51.2 Å². The zero-order valence-electron chi connectivity index (χ0n) is 18.7. The van der Waals surface area contributed by atoms with Gasteiger partial charge < -0.3 is 0 Å². The molecule has 1 atom stereocenters. The Kier molecular flexibility index (Phi) is 5.95. The number of carbonyl (C=O) groups is 3. The standard InChI is InChI=1S/C24H22ClN3O5S/c1-24(2,3)15-6-8-16(9-7-15)34(32,33)27-18-11-10-17(25)19-20(18)23(31)28(22(19)30)13-14-5-4-12-26-21(14)29/h4-12,14,27H,13H2,1-3H3. The summed E-state index contributed by atoms with van der Waals surface area (Å²) in [5, 5.41) is 0.0110. The van der Waals surface area contributed by atoms with Gasteiger partial charge in [0.1, 0.15) is 0 Å². The van der Waals surface area contributed by atoms with Crippen molar-refractivity contribution in [3.8, 4) is 0 Å². The third-order valence-electron chi connectivity index (χ3n) is 5.68. The number of hydrogen-bond donors (Lipinski definition) is 1. The van der Waals surface area contributed by atoms with E-state index in [1.54, 1.807) is 24.3 Å². The molecule has 0 radical (unpaired) electrons. The number of fused-ring (bicyclic) bond motifs is 1. The molecule has 8 nitrogen and oxygen atoms in total. The lowest BCUT2D eigenvalue weighted by molar-refractivity contribution is -0.120. The number of sulfonamides is 1. The molecule has 34 heavy (non-hydrogen) atoms. The van der Waals surface area contributed by atoms with Gasteiger partial charge in [-0.25, -0.2) is 13.4 Å². The largest absolute Gasteiger partial charge is 0.279 e. The highest BCUT2D eigenvalue weighted by Crippen LogP contribution is 2.36. The summed E-state index contributed by atoms with van der Waals surface area (Å²) in [4.78, 5) is 42.8. The van der Waals surface area contributed by atoms with E-state index in [1.165, 1.54) is 30.5 Å². The average Bonchev–Trinajstić information content (AvgIpc) is 3.02. The number of carbonyl (C=O) groups excluding carboxylic acids is 3. The highest BCUT2D eigenvalue weighted by molar-refractivity contribution is 7.92. The summed E-state index contributed by atoms with van der Waals surface area (Å²) < 4.78 is 28.5. The van der Waals surface area contributed by atoms with Gasteiger partial charge in [0.2, 0.25) is 0 Å². The molecule has 2 aromatic rings. The third kappa shape index (κ3) is 4.28. The first kappa shape index (κ1) is 23.8. The lowest BCUT2D eigenvalue weighted by Gasteiger charge is -2.19. The van der Waals surface area contributed by atoms with Crippen LogP contribution in [-0.2, 0) is 20.2 Å². The number of hydrogen-bond acceptors (Lipinski definition) is 5. The van der Waals surface area contributed by atoms with E-state index in [0.717, 1.165) is 10.5 Å². The van der Waals surface area contributed by atoms with Crippen LogP contribution in [-0.4, -0.2) is 43.8 Å². The van der Waals surface area contributed by atoms with Crippen LogP contribution < -0.4 is 4.72 Å². The second-order valence-corrected chi connectivity index (χ2v) is 11.1. The molecule has 2 aromatic carbocycles. The van der Waals surface area contributed by atoms with Crippen molar-refractivity contribution in [1.82, 2.24) is 4.90 Å². The molecule has 176 valence electrons. The minimum atomic E-state index is -4.06. The molecule has 2 aliphatic heterocycles. The first-order valence-electron chi connectivity index (χ1n) is 10.5. The quantitative estimate of drug-likeness (QED) is 0.628. The van der Waals surface area contributed by atoms with Gasteiger partial charge in [0, 0.05) is 12.8 Å². The molecular weight excluding hydrogens is 478 g/mol. The van der Waals surface area contributed by atoms with E-state index in [0.29, 0.717) is 0 Å². The number of dihydropyridines is 1.